The summed E-state index contributed by atoms with van der Waals surface area (Å²) in [5.41, 5.74) is 0.622. The number of aldehydes is 1. The molecule has 0 bridgehead atoms. The highest BCUT2D eigenvalue weighted by atomic mass is 32.2. The highest BCUT2D eigenvalue weighted by molar-refractivity contribution is 7.94. The number of sulfonamides is 1. The average molecular weight is 325 g/mol. The summed E-state index contributed by atoms with van der Waals surface area (Å²) in [6.07, 6.45) is 0.541. The molecule has 0 unspecified atom stereocenters. The van der Waals surface area contributed by atoms with Crippen molar-refractivity contribution in [3.63, 3.8) is 0 Å². The predicted molar refractivity (Wildman–Crippen MR) is 82.7 cm³/mol. The maximum Gasteiger partial charge on any atom is 0.271 e. The van der Waals surface area contributed by atoms with Crippen LogP contribution in [0.3, 0.4) is 0 Å². The first kappa shape index (κ1) is 15.5. The Morgan fingerprint density at radius 2 is 2.05 bits per heavy atom. The van der Waals surface area contributed by atoms with Crippen LogP contribution in [0.25, 0.3) is 0 Å². The normalized spacial score (nSPS) is 11.4. The van der Waals surface area contributed by atoms with Crippen molar-refractivity contribution in [1.29, 1.82) is 0 Å². The zero-order valence-electron chi connectivity index (χ0n) is 11.6. The van der Waals surface area contributed by atoms with Crippen LogP contribution in [0, 0.1) is 0 Å². The van der Waals surface area contributed by atoms with E-state index in [2.05, 4.69) is 4.72 Å². The van der Waals surface area contributed by atoms with Gasteiger partial charge in [-0.25, -0.2) is 8.42 Å². The van der Waals surface area contributed by atoms with E-state index in [0.29, 0.717) is 17.6 Å². The van der Waals surface area contributed by atoms with Gasteiger partial charge in [0.1, 0.15) is 16.2 Å². The highest BCUT2D eigenvalue weighted by Gasteiger charge is 2.18. The molecule has 1 aromatic carbocycles. The van der Waals surface area contributed by atoms with E-state index in [1.54, 1.807) is 23.6 Å². The van der Waals surface area contributed by atoms with E-state index in [1.165, 1.54) is 12.1 Å². The van der Waals surface area contributed by atoms with Crippen LogP contribution in [0.1, 0.15) is 24.2 Å². The van der Waals surface area contributed by atoms with Gasteiger partial charge in [0.25, 0.3) is 10.0 Å². The zero-order valence-corrected chi connectivity index (χ0v) is 13.2. The minimum absolute atomic E-state index is 0.114. The summed E-state index contributed by atoms with van der Waals surface area (Å²) in [5, 5.41) is 1.68. The molecule has 0 saturated carbocycles. The van der Waals surface area contributed by atoms with Crippen molar-refractivity contribution in [1.82, 2.24) is 0 Å². The number of hydrogen-bond acceptors (Lipinski definition) is 5. The lowest BCUT2D eigenvalue weighted by molar-refractivity contribution is 0.112. The summed E-state index contributed by atoms with van der Waals surface area (Å²) < 4.78 is 32.8. The molecule has 0 aliphatic carbocycles. The molecule has 1 heterocycles. The van der Waals surface area contributed by atoms with E-state index in [9.17, 15) is 13.2 Å². The molecule has 0 aliphatic rings. The summed E-state index contributed by atoms with van der Waals surface area (Å²) in [5.74, 6) is 0.385. The minimum Gasteiger partial charge on any atom is -0.489 e. The van der Waals surface area contributed by atoms with Gasteiger partial charge < -0.3 is 4.74 Å². The lowest BCUT2D eigenvalue weighted by Crippen LogP contribution is -2.14. The Kier molecular flexibility index (Phi) is 4.64. The average Bonchev–Trinajstić information content (AvgIpc) is 2.94. The Hall–Kier alpha value is -1.86. The van der Waals surface area contributed by atoms with Crippen molar-refractivity contribution in [3.8, 4) is 5.75 Å². The second-order valence-corrected chi connectivity index (χ2v) is 7.43. The van der Waals surface area contributed by atoms with Crippen molar-refractivity contribution < 1.29 is 17.9 Å². The number of benzene rings is 1. The number of hydrogen-bond donors (Lipinski definition) is 1. The fraction of sp³-hybridized carbons (Fsp3) is 0.214. The van der Waals surface area contributed by atoms with E-state index < -0.39 is 10.0 Å². The molecule has 1 aromatic heterocycles. The third-order valence-electron chi connectivity index (χ3n) is 2.51. The molecular weight excluding hydrogens is 310 g/mol. The third kappa shape index (κ3) is 3.83. The fourth-order valence-corrected chi connectivity index (χ4v) is 3.72. The van der Waals surface area contributed by atoms with Crippen LogP contribution in [0.2, 0.25) is 0 Å². The number of anilines is 1. The fourth-order valence-electron chi connectivity index (χ4n) is 1.67. The van der Waals surface area contributed by atoms with Crippen molar-refractivity contribution in [3.05, 3.63) is 41.3 Å². The lowest BCUT2D eigenvalue weighted by atomic mass is 10.2. The van der Waals surface area contributed by atoms with Crippen molar-refractivity contribution in [2.75, 3.05) is 4.72 Å². The SMILES string of the molecule is CC(C)Oc1ccc(C=O)cc1NS(=O)(=O)c1cccs1. The van der Waals surface area contributed by atoms with Gasteiger partial charge in [0, 0.05) is 5.56 Å². The molecule has 7 heteroatoms. The van der Waals surface area contributed by atoms with Gasteiger partial charge in [-0.15, -0.1) is 11.3 Å². The van der Waals surface area contributed by atoms with Crippen LogP contribution in [0.15, 0.2) is 39.9 Å². The van der Waals surface area contributed by atoms with Crippen molar-refractivity contribution in [2.45, 2.75) is 24.2 Å². The smallest absolute Gasteiger partial charge is 0.271 e. The van der Waals surface area contributed by atoms with Crippen LogP contribution in [-0.4, -0.2) is 20.8 Å². The first-order valence-electron chi connectivity index (χ1n) is 6.24. The van der Waals surface area contributed by atoms with Gasteiger partial charge in [0.15, 0.2) is 0 Å². The topological polar surface area (TPSA) is 72.5 Å². The van der Waals surface area contributed by atoms with E-state index in [4.69, 9.17) is 4.74 Å². The largest absolute Gasteiger partial charge is 0.489 e. The number of rotatable bonds is 6. The zero-order chi connectivity index (χ0) is 15.5. The first-order valence-corrected chi connectivity index (χ1v) is 8.61. The molecule has 112 valence electrons. The van der Waals surface area contributed by atoms with Crippen molar-refractivity contribution >= 4 is 33.3 Å². The number of carbonyl (C=O) groups is 1. The van der Waals surface area contributed by atoms with E-state index in [1.807, 2.05) is 13.8 Å². The molecule has 0 radical (unpaired) electrons. The quantitative estimate of drug-likeness (QED) is 0.828. The number of ether oxygens (including phenoxy) is 1. The van der Waals surface area contributed by atoms with Gasteiger partial charge in [0.2, 0.25) is 0 Å². The molecular formula is C14H15NO4S2. The molecule has 0 saturated heterocycles. The number of thiophene rings is 1. The minimum atomic E-state index is -3.68. The van der Waals surface area contributed by atoms with E-state index in [-0.39, 0.29) is 16.0 Å². The Balaban J connectivity index is 2.39. The van der Waals surface area contributed by atoms with Crippen molar-refractivity contribution in [2.24, 2.45) is 0 Å². The molecule has 0 spiro atoms. The number of carbonyl (C=O) groups excluding carboxylic acids is 1. The third-order valence-corrected chi connectivity index (χ3v) is 5.27. The first-order chi connectivity index (χ1) is 9.92. The highest BCUT2D eigenvalue weighted by Crippen LogP contribution is 2.29. The van der Waals surface area contributed by atoms with E-state index >= 15 is 0 Å². The van der Waals surface area contributed by atoms with Crippen LogP contribution < -0.4 is 9.46 Å². The van der Waals surface area contributed by atoms with Gasteiger partial charge >= 0.3 is 0 Å². The van der Waals surface area contributed by atoms with Gasteiger partial charge in [-0.3, -0.25) is 9.52 Å². The Morgan fingerprint density at radius 1 is 1.29 bits per heavy atom. The Labute approximate surface area is 127 Å². The van der Waals surface area contributed by atoms with Gasteiger partial charge in [0.05, 0.1) is 11.8 Å². The second-order valence-electron chi connectivity index (χ2n) is 4.58. The monoisotopic (exact) mass is 325 g/mol. The second kappa shape index (κ2) is 6.28. The summed E-state index contributed by atoms with van der Waals surface area (Å²) in [4.78, 5) is 10.9. The molecule has 0 amide bonds. The van der Waals surface area contributed by atoms with Gasteiger partial charge in [-0.1, -0.05) is 6.07 Å². The summed E-state index contributed by atoms with van der Waals surface area (Å²) in [7, 11) is -3.68. The van der Waals surface area contributed by atoms with Crippen LogP contribution >= 0.6 is 11.3 Å². The Morgan fingerprint density at radius 3 is 2.62 bits per heavy atom. The molecule has 21 heavy (non-hydrogen) atoms. The van der Waals surface area contributed by atoms with Crippen LogP contribution in [0.5, 0.6) is 5.75 Å². The molecule has 2 aromatic rings. The molecule has 1 N–H and O–H groups in total. The van der Waals surface area contributed by atoms with Gasteiger partial charge in [-0.05, 0) is 43.5 Å². The molecule has 5 nitrogen and oxygen atoms in total. The standard InChI is InChI=1S/C14H15NO4S2/c1-10(2)19-13-6-5-11(9-16)8-12(13)15-21(17,18)14-4-3-7-20-14/h3-10,15H,1-2H3. The van der Waals surface area contributed by atoms with Crippen LogP contribution in [-0.2, 0) is 10.0 Å². The number of nitrogens with one attached hydrogen (secondary N) is 1. The summed E-state index contributed by atoms with van der Waals surface area (Å²) in [6.45, 7) is 3.68. The predicted octanol–water partition coefficient (Wildman–Crippen LogP) is 3.15. The van der Waals surface area contributed by atoms with Crippen LogP contribution in [0.4, 0.5) is 5.69 Å². The molecule has 2 rings (SSSR count). The van der Waals surface area contributed by atoms with Gasteiger partial charge in [-0.2, -0.15) is 0 Å². The summed E-state index contributed by atoms with van der Waals surface area (Å²) >= 11 is 1.12. The molecule has 0 aliphatic heterocycles. The Bertz CT molecular complexity index is 721. The summed E-state index contributed by atoms with van der Waals surface area (Å²) in [6, 6.07) is 7.78. The lowest BCUT2D eigenvalue weighted by Gasteiger charge is -2.15. The molecule has 0 atom stereocenters. The maximum atomic E-state index is 12.3. The maximum absolute atomic E-state index is 12.3. The molecule has 0 fully saturated rings. The van der Waals surface area contributed by atoms with E-state index in [0.717, 1.165) is 11.3 Å².